The van der Waals surface area contributed by atoms with Crippen molar-refractivity contribution in [2.45, 2.75) is 174 Å². The number of allylic oxidation sites excluding steroid dienone is 1. The van der Waals surface area contributed by atoms with Crippen LogP contribution in [0.5, 0.6) is 0 Å². The molecule has 0 aliphatic rings. The fraction of sp³-hybridized carbons (Fsp3) is 0.882. The number of hydrogen-bond acceptors (Lipinski definition) is 4. The van der Waals surface area contributed by atoms with Gasteiger partial charge in [0.05, 0.1) is 0 Å². The molecule has 0 aromatic carbocycles. The molecule has 1 unspecified atom stereocenters. The molecule has 0 amide bonds. The molecule has 0 saturated carbocycles. The van der Waals surface area contributed by atoms with Crippen LogP contribution in [0.2, 0.25) is 0 Å². The summed E-state index contributed by atoms with van der Waals surface area (Å²) in [6, 6.07) is 0. The van der Waals surface area contributed by atoms with Gasteiger partial charge in [-0.15, -0.1) is 0 Å². The summed E-state index contributed by atoms with van der Waals surface area (Å²) in [7, 11) is 3.94. The summed E-state index contributed by atoms with van der Waals surface area (Å²) in [6.45, 7) is 5.27. The van der Waals surface area contributed by atoms with E-state index in [4.69, 9.17) is 4.74 Å². The zero-order chi connectivity index (χ0) is 29.0. The van der Waals surface area contributed by atoms with E-state index in [0.29, 0.717) is 12.8 Å². The van der Waals surface area contributed by atoms with E-state index >= 15 is 0 Å². The maximum absolute atomic E-state index is 12.6. The third-order valence-electron chi connectivity index (χ3n) is 7.71. The highest BCUT2D eigenvalue weighted by molar-refractivity contribution is 5.82. The molecule has 1 N–H and O–H groups in total. The van der Waals surface area contributed by atoms with Crippen LogP contribution in [-0.4, -0.2) is 48.2 Å². The minimum Gasteiger partial charge on any atom is -0.478 e. The second-order valence-electron chi connectivity index (χ2n) is 11.9. The molecule has 0 fully saturated rings. The first kappa shape index (κ1) is 37.6. The van der Waals surface area contributed by atoms with Crippen LogP contribution in [0.3, 0.4) is 0 Å². The normalized spacial score (nSPS) is 13.3. The maximum Gasteiger partial charge on any atom is 0.348 e. The Bertz CT molecular complexity index is 604. The number of ether oxygens (including phenoxy) is 1. The quantitative estimate of drug-likeness (QED) is 0.0569. The van der Waals surface area contributed by atoms with Gasteiger partial charge in [0.1, 0.15) is 0 Å². The van der Waals surface area contributed by atoms with Gasteiger partial charge >= 0.3 is 11.9 Å². The van der Waals surface area contributed by atoms with Gasteiger partial charge in [-0.05, 0) is 52.7 Å². The van der Waals surface area contributed by atoms with Gasteiger partial charge in [-0.1, -0.05) is 135 Å². The summed E-state index contributed by atoms with van der Waals surface area (Å²) in [5.41, 5.74) is -1.44. The third kappa shape index (κ3) is 23.1. The summed E-state index contributed by atoms with van der Waals surface area (Å²) in [6.07, 6.45) is 30.2. The van der Waals surface area contributed by atoms with Gasteiger partial charge in [0.25, 0.3) is 0 Å². The Hall–Kier alpha value is -1.36. The number of carboxylic acids is 1. The summed E-state index contributed by atoms with van der Waals surface area (Å²) < 4.78 is 5.75. The number of carboxylic acid groups (broad SMARTS) is 1. The van der Waals surface area contributed by atoms with Crippen LogP contribution in [0.15, 0.2) is 12.2 Å². The first-order valence-corrected chi connectivity index (χ1v) is 16.6. The Morgan fingerprint density at radius 1 is 0.667 bits per heavy atom. The lowest BCUT2D eigenvalue weighted by Gasteiger charge is -2.28. The SMILES string of the molecule is CCCCCCCCC=CCC(CCCCCCCCCCCCCCC)(OC(=O)CCCN(C)C)C(=O)O. The molecule has 1 atom stereocenters. The molecule has 230 valence electrons. The zero-order valence-corrected chi connectivity index (χ0v) is 26.5. The number of carbonyl (C=O) groups is 2. The van der Waals surface area contributed by atoms with Gasteiger partial charge in [0.15, 0.2) is 0 Å². The van der Waals surface area contributed by atoms with Gasteiger partial charge in [-0.25, -0.2) is 4.79 Å². The fourth-order valence-corrected chi connectivity index (χ4v) is 5.10. The van der Waals surface area contributed by atoms with Gasteiger partial charge in [0, 0.05) is 12.8 Å². The highest BCUT2D eigenvalue weighted by atomic mass is 16.6. The number of hydrogen-bond donors (Lipinski definition) is 1. The van der Waals surface area contributed by atoms with Gasteiger partial charge in [0.2, 0.25) is 5.60 Å². The minimum absolute atomic E-state index is 0.257. The van der Waals surface area contributed by atoms with E-state index in [-0.39, 0.29) is 12.8 Å². The molecular weight excluding hydrogens is 486 g/mol. The maximum atomic E-state index is 12.6. The molecule has 0 spiro atoms. The smallest absolute Gasteiger partial charge is 0.348 e. The lowest BCUT2D eigenvalue weighted by Crippen LogP contribution is -2.43. The molecule has 0 aliphatic carbocycles. The number of esters is 1. The average molecular weight is 552 g/mol. The first-order chi connectivity index (χ1) is 18.9. The van der Waals surface area contributed by atoms with Crippen molar-refractivity contribution in [3.8, 4) is 0 Å². The molecular formula is C34H65NO4. The number of nitrogens with zero attached hydrogens (tertiary/aromatic N) is 1. The van der Waals surface area contributed by atoms with Crippen molar-refractivity contribution in [1.29, 1.82) is 0 Å². The summed E-state index contributed by atoms with van der Waals surface area (Å²) in [4.78, 5) is 27.1. The number of carbonyl (C=O) groups excluding carboxylic acids is 1. The predicted molar refractivity (Wildman–Crippen MR) is 166 cm³/mol. The molecule has 0 rings (SSSR count). The van der Waals surface area contributed by atoms with Crippen molar-refractivity contribution in [3.63, 3.8) is 0 Å². The van der Waals surface area contributed by atoms with Crippen LogP contribution in [0.1, 0.15) is 168 Å². The van der Waals surface area contributed by atoms with Gasteiger partial charge in [-0.3, -0.25) is 4.79 Å². The Labute approximate surface area is 242 Å². The van der Waals surface area contributed by atoms with Crippen molar-refractivity contribution in [3.05, 3.63) is 12.2 Å². The average Bonchev–Trinajstić information content (AvgIpc) is 2.89. The van der Waals surface area contributed by atoms with E-state index in [1.165, 1.54) is 96.3 Å². The summed E-state index contributed by atoms with van der Waals surface area (Å²) in [5, 5.41) is 10.2. The number of rotatable bonds is 29. The topological polar surface area (TPSA) is 66.8 Å². The Morgan fingerprint density at radius 3 is 1.59 bits per heavy atom. The lowest BCUT2D eigenvalue weighted by atomic mass is 9.91. The van der Waals surface area contributed by atoms with Crippen molar-refractivity contribution >= 4 is 11.9 Å². The van der Waals surface area contributed by atoms with E-state index in [1.807, 2.05) is 25.1 Å². The van der Waals surface area contributed by atoms with Gasteiger partial charge in [-0.2, -0.15) is 0 Å². The third-order valence-corrected chi connectivity index (χ3v) is 7.71. The van der Waals surface area contributed by atoms with Crippen molar-refractivity contribution in [1.82, 2.24) is 4.90 Å². The second kappa shape index (κ2) is 26.8. The Balaban J connectivity index is 4.56. The molecule has 39 heavy (non-hydrogen) atoms. The van der Waals surface area contributed by atoms with Crippen LogP contribution in [-0.2, 0) is 14.3 Å². The van der Waals surface area contributed by atoms with Gasteiger partial charge < -0.3 is 14.7 Å². The van der Waals surface area contributed by atoms with Crippen LogP contribution in [0, 0.1) is 0 Å². The molecule has 0 aromatic rings. The second-order valence-corrected chi connectivity index (χ2v) is 11.9. The van der Waals surface area contributed by atoms with E-state index in [0.717, 1.165) is 38.6 Å². The van der Waals surface area contributed by atoms with E-state index in [9.17, 15) is 14.7 Å². The fourth-order valence-electron chi connectivity index (χ4n) is 5.10. The first-order valence-electron chi connectivity index (χ1n) is 16.6. The Morgan fingerprint density at radius 2 is 1.13 bits per heavy atom. The van der Waals surface area contributed by atoms with Crippen LogP contribution >= 0.6 is 0 Å². The summed E-state index contributed by atoms with van der Waals surface area (Å²) >= 11 is 0. The van der Waals surface area contributed by atoms with E-state index in [2.05, 4.69) is 19.9 Å². The molecule has 0 radical (unpaired) electrons. The largest absolute Gasteiger partial charge is 0.478 e. The van der Waals surface area contributed by atoms with Crippen molar-refractivity contribution < 1.29 is 19.4 Å². The Kier molecular flexibility index (Phi) is 25.9. The number of unbranched alkanes of at least 4 members (excludes halogenated alkanes) is 18. The summed E-state index contributed by atoms with van der Waals surface area (Å²) in [5.74, 6) is -1.40. The predicted octanol–water partition coefficient (Wildman–Crippen LogP) is 9.87. The van der Waals surface area contributed by atoms with Crippen LogP contribution < -0.4 is 0 Å². The molecule has 0 bridgehead atoms. The van der Waals surface area contributed by atoms with Crippen molar-refractivity contribution in [2.75, 3.05) is 20.6 Å². The zero-order valence-electron chi connectivity index (χ0n) is 26.5. The van der Waals surface area contributed by atoms with Crippen LogP contribution in [0.25, 0.3) is 0 Å². The molecule has 0 aliphatic heterocycles. The van der Waals surface area contributed by atoms with E-state index < -0.39 is 17.5 Å². The van der Waals surface area contributed by atoms with Crippen molar-refractivity contribution in [2.24, 2.45) is 0 Å². The molecule has 0 saturated heterocycles. The monoisotopic (exact) mass is 551 g/mol. The highest BCUT2D eigenvalue weighted by Gasteiger charge is 2.41. The standard InChI is InChI=1S/C34H65NO4/c1-5-7-9-11-13-15-16-17-18-20-22-24-26-30-34(33(37)38,39-32(36)28-27-31-35(3)4)29-25-23-21-19-14-12-10-8-6-2/h23,25H,5-22,24,26-31H2,1-4H3,(H,37,38). The van der Waals surface area contributed by atoms with Crippen LogP contribution in [0.4, 0.5) is 0 Å². The molecule has 0 heterocycles. The minimum atomic E-state index is -1.44. The highest BCUT2D eigenvalue weighted by Crippen LogP contribution is 2.27. The number of aliphatic carboxylic acids is 1. The van der Waals surface area contributed by atoms with E-state index in [1.54, 1.807) is 0 Å². The molecule has 5 nitrogen and oxygen atoms in total. The molecule has 5 heteroatoms. The molecule has 0 aromatic heterocycles. The lowest BCUT2D eigenvalue weighted by molar-refractivity contribution is -0.179.